The van der Waals surface area contributed by atoms with E-state index in [-0.39, 0.29) is 18.1 Å². The van der Waals surface area contributed by atoms with Crippen LogP contribution in [-0.4, -0.2) is 44.4 Å². The van der Waals surface area contributed by atoms with E-state index in [2.05, 4.69) is 15.7 Å². The summed E-state index contributed by atoms with van der Waals surface area (Å²) in [6, 6.07) is 13.2. The molecule has 0 fully saturated rings. The van der Waals surface area contributed by atoms with Crippen molar-refractivity contribution in [3.8, 4) is 22.9 Å². The Kier molecular flexibility index (Phi) is 7.38. The minimum absolute atomic E-state index is 0.0757. The lowest BCUT2D eigenvalue weighted by molar-refractivity contribution is -0.124. The molecule has 9 heteroatoms. The van der Waals surface area contributed by atoms with Gasteiger partial charge in [-0.3, -0.25) is 9.48 Å². The highest BCUT2D eigenvalue weighted by Gasteiger charge is 2.15. The first-order chi connectivity index (χ1) is 17.2. The van der Waals surface area contributed by atoms with Gasteiger partial charge in [0.15, 0.2) is 12.4 Å². The van der Waals surface area contributed by atoms with Crippen LogP contribution in [-0.2, 0) is 11.3 Å². The molecule has 1 amide bonds. The summed E-state index contributed by atoms with van der Waals surface area (Å²) >= 11 is 0. The zero-order valence-electron chi connectivity index (χ0n) is 21.3. The number of ether oxygens (including phenoxy) is 2. The van der Waals surface area contributed by atoms with Gasteiger partial charge in [-0.15, -0.1) is 0 Å². The molecule has 36 heavy (non-hydrogen) atoms. The molecule has 2 aromatic heterocycles. The van der Waals surface area contributed by atoms with E-state index in [1.165, 1.54) is 0 Å². The second-order valence-electron chi connectivity index (χ2n) is 9.33. The van der Waals surface area contributed by atoms with Crippen LogP contribution in [0.4, 0.5) is 11.5 Å². The van der Waals surface area contributed by atoms with E-state index < -0.39 is 0 Å². The normalized spacial score (nSPS) is 11.4. The van der Waals surface area contributed by atoms with Crippen molar-refractivity contribution in [2.45, 2.75) is 46.7 Å². The van der Waals surface area contributed by atoms with Crippen LogP contribution < -0.4 is 20.1 Å². The van der Waals surface area contributed by atoms with Crippen LogP contribution >= 0.6 is 0 Å². The fourth-order valence-corrected chi connectivity index (χ4v) is 3.65. The third-order valence-electron chi connectivity index (χ3n) is 5.17. The molecular formula is C27H32N6O3. The van der Waals surface area contributed by atoms with Gasteiger partial charge in [-0.1, -0.05) is 12.1 Å². The zero-order valence-corrected chi connectivity index (χ0v) is 21.3. The van der Waals surface area contributed by atoms with Gasteiger partial charge in [0.1, 0.15) is 17.3 Å². The Bertz CT molecular complexity index is 1360. The topological polar surface area (TPSA) is 103 Å². The first-order valence-electron chi connectivity index (χ1n) is 12.0. The summed E-state index contributed by atoms with van der Waals surface area (Å²) in [7, 11) is 0. The Morgan fingerprint density at radius 2 is 1.83 bits per heavy atom. The van der Waals surface area contributed by atoms with Crippen molar-refractivity contribution in [3.05, 3.63) is 54.9 Å². The molecule has 2 heterocycles. The average molecular weight is 489 g/mol. The molecule has 0 spiro atoms. The minimum atomic E-state index is -0.319. The predicted molar refractivity (Wildman–Crippen MR) is 141 cm³/mol. The van der Waals surface area contributed by atoms with E-state index in [1.54, 1.807) is 6.20 Å². The Morgan fingerprint density at radius 3 is 2.56 bits per heavy atom. The van der Waals surface area contributed by atoms with E-state index in [9.17, 15) is 4.79 Å². The Balaban J connectivity index is 1.66. The predicted octanol–water partition coefficient (Wildman–Crippen LogP) is 4.95. The van der Waals surface area contributed by atoms with Crippen molar-refractivity contribution >= 4 is 28.3 Å². The largest absolute Gasteiger partial charge is 0.494 e. The van der Waals surface area contributed by atoms with Gasteiger partial charge < -0.3 is 20.1 Å². The number of hydrogen-bond donors (Lipinski definition) is 2. The van der Waals surface area contributed by atoms with Crippen LogP contribution in [0.25, 0.3) is 22.3 Å². The Labute approximate surface area is 210 Å². The van der Waals surface area contributed by atoms with Crippen LogP contribution in [0.3, 0.4) is 0 Å². The van der Waals surface area contributed by atoms with Crippen molar-refractivity contribution in [3.63, 3.8) is 0 Å². The summed E-state index contributed by atoms with van der Waals surface area (Å²) in [5, 5.41) is 11.5. The molecule has 0 bridgehead atoms. The number of anilines is 2. The molecule has 188 valence electrons. The number of carbonyl (C=O) groups is 1. The first-order valence-corrected chi connectivity index (χ1v) is 12.0. The number of nitrogens with one attached hydrogen (secondary N) is 2. The lowest BCUT2D eigenvalue weighted by atomic mass is 10.1. The number of fused-ring (bicyclic) bond motifs is 1. The number of aryl methyl sites for hydroxylation is 1. The number of rotatable bonds is 9. The lowest BCUT2D eigenvalue weighted by Crippen LogP contribution is -2.43. The summed E-state index contributed by atoms with van der Waals surface area (Å²) in [5.41, 5.74) is 2.04. The van der Waals surface area contributed by atoms with Crippen LogP contribution in [0.2, 0.25) is 0 Å². The quantitative estimate of drug-likeness (QED) is 0.344. The van der Waals surface area contributed by atoms with Crippen LogP contribution in [0.5, 0.6) is 11.5 Å². The summed E-state index contributed by atoms with van der Waals surface area (Å²) in [5.74, 6) is 2.30. The van der Waals surface area contributed by atoms with E-state index in [4.69, 9.17) is 19.4 Å². The second-order valence-corrected chi connectivity index (χ2v) is 9.33. The lowest BCUT2D eigenvalue weighted by Gasteiger charge is -2.20. The van der Waals surface area contributed by atoms with Crippen LogP contribution in [0, 0.1) is 0 Å². The molecule has 0 aliphatic heterocycles. The third kappa shape index (κ3) is 6.29. The molecule has 0 atom stereocenters. The maximum absolute atomic E-state index is 12.2. The molecule has 9 nitrogen and oxygen atoms in total. The van der Waals surface area contributed by atoms with Gasteiger partial charge >= 0.3 is 0 Å². The molecule has 2 aromatic carbocycles. The minimum Gasteiger partial charge on any atom is -0.494 e. The summed E-state index contributed by atoms with van der Waals surface area (Å²) in [4.78, 5) is 21.8. The number of aromatic nitrogens is 4. The second kappa shape index (κ2) is 10.6. The van der Waals surface area contributed by atoms with E-state index in [0.29, 0.717) is 24.0 Å². The third-order valence-corrected chi connectivity index (χ3v) is 5.17. The highest BCUT2D eigenvalue weighted by atomic mass is 16.5. The Hall–Kier alpha value is -4.14. The highest BCUT2D eigenvalue weighted by molar-refractivity contribution is 5.93. The van der Waals surface area contributed by atoms with E-state index >= 15 is 0 Å². The summed E-state index contributed by atoms with van der Waals surface area (Å²) in [6.07, 6.45) is 3.69. The van der Waals surface area contributed by atoms with Crippen molar-refractivity contribution in [2.75, 3.05) is 18.5 Å². The molecule has 2 N–H and O–H groups in total. The van der Waals surface area contributed by atoms with Gasteiger partial charge in [-0.2, -0.15) is 5.10 Å². The highest BCUT2D eigenvalue weighted by Crippen LogP contribution is 2.31. The maximum atomic E-state index is 12.2. The van der Waals surface area contributed by atoms with Gasteiger partial charge in [-0.05, 0) is 65.0 Å². The van der Waals surface area contributed by atoms with Gasteiger partial charge in [0, 0.05) is 29.2 Å². The number of amides is 1. The van der Waals surface area contributed by atoms with Gasteiger partial charge in [0.05, 0.1) is 24.0 Å². The fourth-order valence-electron chi connectivity index (χ4n) is 3.65. The van der Waals surface area contributed by atoms with E-state index in [1.807, 2.05) is 88.0 Å². The van der Waals surface area contributed by atoms with Crippen molar-refractivity contribution < 1.29 is 14.3 Å². The monoisotopic (exact) mass is 488 g/mol. The molecule has 4 rings (SSSR count). The number of carbonyl (C=O) groups excluding carboxylic acids is 1. The van der Waals surface area contributed by atoms with Gasteiger partial charge in [0.25, 0.3) is 5.91 Å². The SMILES string of the molecule is CCOc1ccc2nc(-c3cccc(OCC(=O)NC(C)(C)C)c3)nc(Nc3cnn(CC)c3)c2c1. The number of hydrogen-bond acceptors (Lipinski definition) is 7. The van der Waals surface area contributed by atoms with Crippen LogP contribution in [0.1, 0.15) is 34.6 Å². The molecule has 0 unspecified atom stereocenters. The number of benzene rings is 2. The molecule has 0 radical (unpaired) electrons. The molecule has 0 aliphatic rings. The first kappa shape index (κ1) is 25.0. The summed E-state index contributed by atoms with van der Waals surface area (Å²) in [6.45, 7) is 11.0. The molecule has 0 saturated heterocycles. The molecule has 0 aliphatic carbocycles. The Morgan fingerprint density at radius 1 is 1.03 bits per heavy atom. The zero-order chi connectivity index (χ0) is 25.7. The molecule has 0 saturated carbocycles. The van der Waals surface area contributed by atoms with E-state index in [0.717, 1.165) is 34.4 Å². The van der Waals surface area contributed by atoms with Gasteiger partial charge in [0.2, 0.25) is 0 Å². The molecular weight excluding hydrogens is 456 g/mol. The summed E-state index contributed by atoms with van der Waals surface area (Å²) < 4.78 is 13.3. The smallest absolute Gasteiger partial charge is 0.258 e. The van der Waals surface area contributed by atoms with Crippen molar-refractivity contribution in [1.29, 1.82) is 0 Å². The van der Waals surface area contributed by atoms with Gasteiger partial charge in [-0.25, -0.2) is 9.97 Å². The standard InChI is InChI=1S/C27H32N6O3/c1-6-33-16-19(15-28-33)29-26-22-14-21(35-7-2)11-12-23(22)30-25(31-26)18-9-8-10-20(13-18)36-17-24(34)32-27(3,4)5/h8-16H,6-7,17H2,1-5H3,(H,32,34)(H,29,30,31). The maximum Gasteiger partial charge on any atom is 0.258 e. The number of nitrogens with zero attached hydrogens (tertiary/aromatic N) is 4. The fraction of sp³-hybridized carbons (Fsp3) is 0.333. The van der Waals surface area contributed by atoms with Crippen molar-refractivity contribution in [2.24, 2.45) is 0 Å². The molecule has 4 aromatic rings. The van der Waals surface area contributed by atoms with Crippen molar-refractivity contribution in [1.82, 2.24) is 25.1 Å². The van der Waals surface area contributed by atoms with Crippen LogP contribution in [0.15, 0.2) is 54.9 Å². The average Bonchev–Trinajstić information content (AvgIpc) is 3.30.